The van der Waals surface area contributed by atoms with Crippen LogP contribution in [0.15, 0.2) is 0 Å². The Hall–Kier alpha value is -1.72. The van der Waals surface area contributed by atoms with E-state index in [1.165, 1.54) is 14.0 Å². The summed E-state index contributed by atoms with van der Waals surface area (Å²) in [6, 6.07) is 0. The molecule has 150 valence electrons. The maximum Gasteiger partial charge on any atom is 0.312 e. The van der Waals surface area contributed by atoms with Crippen molar-refractivity contribution in [3.05, 3.63) is 0 Å². The van der Waals surface area contributed by atoms with Crippen LogP contribution in [0.4, 0.5) is 0 Å². The van der Waals surface area contributed by atoms with E-state index in [9.17, 15) is 19.2 Å². The van der Waals surface area contributed by atoms with Gasteiger partial charge in [-0.1, -0.05) is 13.8 Å². The summed E-state index contributed by atoms with van der Waals surface area (Å²) in [6.07, 6.45) is 1.92. The molecule has 0 aromatic carbocycles. The van der Waals surface area contributed by atoms with Crippen LogP contribution in [0.2, 0.25) is 0 Å². The van der Waals surface area contributed by atoms with E-state index in [4.69, 9.17) is 9.47 Å². The second-order valence-electron chi connectivity index (χ2n) is 9.41. The summed E-state index contributed by atoms with van der Waals surface area (Å²) >= 11 is 0. The minimum atomic E-state index is -1.13. The first-order chi connectivity index (χ1) is 12.5. The van der Waals surface area contributed by atoms with Gasteiger partial charge in [0.05, 0.1) is 12.5 Å². The number of methoxy groups -OCH3 is 1. The molecule has 0 aromatic rings. The van der Waals surface area contributed by atoms with Crippen LogP contribution in [0.25, 0.3) is 0 Å². The zero-order chi connectivity index (χ0) is 20.1. The Kier molecular flexibility index (Phi) is 4.98. The second kappa shape index (κ2) is 6.71. The first-order valence-electron chi connectivity index (χ1n) is 9.83. The summed E-state index contributed by atoms with van der Waals surface area (Å²) in [4.78, 5) is 50.2. The van der Waals surface area contributed by atoms with Crippen molar-refractivity contribution in [2.75, 3.05) is 7.11 Å². The van der Waals surface area contributed by atoms with Gasteiger partial charge in [0.1, 0.15) is 17.7 Å². The van der Waals surface area contributed by atoms with E-state index in [2.05, 4.69) is 6.92 Å². The van der Waals surface area contributed by atoms with Crippen LogP contribution in [0.1, 0.15) is 59.8 Å². The molecule has 0 spiro atoms. The van der Waals surface area contributed by atoms with Gasteiger partial charge < -0.3 is 9.47 Å². The van der Waals surface area contributed by atoms with Crippen molar-refractivity contribution in [2.45, 2.75) is 65.9 Å². The van der Waals surface area contributed by atoms with Crippen molar-refractivity contribution in [3.8, 4) is 0 Å². The van der Waals surface area contributed by atoms with E-state index >= 15 is 0 Å². The Morgan fingerprint density at radius 3 is 2.37 bits per heavy atom. The lowest BCUT2D eigenvalue weighted by Gasteiger charge is -2.60. The molecule has 0 bridgehead atoms. The minimum absolute atomic E-state index is 0.00244. The van der Waals surface area contributed by atoms with Gasteiger partial charge in [-0.3, -0.25) is 19.2 Å². The Morgan fingerprint density at radius 2 is 1.78 bits per heavy atom. The van der Waals surface area contributed by atoms with Crippen molar-refractivity contribution < 1.29 is 28.7 Å². The van der Waals surface area contributed by atoms with Gasteiger partial charge in [-0.15, -0.1) is 0 Å². The highest BCUT2D eigenvalue weighted by Crippen LogP contribution is 2.62. The van der Waals surface area contributed by atoms with Crippen molar-refractivity contribution in [1.82, 2.24) is 0 Å². The van der Waals surface area contributed by atoms with Crippen LogP contribution < -0.4 is 0 Å². The first kappa shape index (κ1) is 20.0. The van der Waals surface area contributed by atoms with Gasteiger partial charge in [0.15, 0.2) is 0 Å². The number of carbonyl (C=O) groups excluding carboxylic acids is 4. The molecule has 3 aliphatic rings. The molecule has 0 unspecified atom stereocenters. The van der Waals surface area contributed by atoms with E-state index in [0.29, 0.717) is 5.92 Å². The fourth-order valence-corrected chi connectivity index (χ4v) is 6.59. The summed E-state index contributed by atoms with van der Waals surface area (Å²) in [5, 5.41) is 0. The number of carbonyl (C=O) groups is 4. The number of esters is 2. The van der Waals surface area contributed by atoms with Gasteiger partial charge >= 0.3 is 11.9 Å². The quantitative estimate of drug-likeness (QED) is 0.687. The molecule has 0 N–H and O–H groups in total. The predicted molar refractivity (Wildman–Crippen MR) is 96.5 cm³/mol. The molecule has 27 heavy (non-hydrogen) atoms. The van der Waals surface area contributed by atoms with Crippen LogP contribution in [0.3, 0.4) is 0 Å². The Balaban J connectivity index is 2.06. The lowest BCUT2D eigenvalue weighted by molar-refractivity contribution is -0.192. The molecular weight excluding hydrogens is 348 g/mol. The van der Waals surface area contributed by atoms with Gasteiger partial charge in [-0.05, 0) is 37.0 Å². The number of hydrogen-bond acceptors (Lipinski definition) is 6. The highest BCUT2D eigenvalue weighted by atomic mass is 16.5. The maximum absolute atomic E-state index is 13.3. The monoisotopic (exact) mass is 378 g/mol. The summed E-state index contributed by atoms with van der Waals surface area (Å²) < 4.78 is 10.6. The SMILES string of the molecule is COC(=O)[C@]1(C)CC(=O)C[C@@]2(C)[C@@H]3C[C@@H](C)C[C@@H](OC(C)=O)[C@H]3CC(=O)[C@@H]21. The molecule has 0 amide bonds. The number of ketones is 2. The van der Waals surface area contributed by atoms with Gasteiger partial charge in [-0.25, -0.2) is 0 Å². The molecule has 0 radical (unpaired) electrons. The molecule has 6 heteroatoms. The number of ether oxygens (including phenoxy) is 2. The maximum atomic E-state index is 13.3. The van der Waals surface area contributed by atoms with E-state index in [1.807, 2.05) is 6.92 Å². The first-order valence-corrected chi connectivity index (χ1v) is 9.83. The summed E-state index contributed by atoms with van der Waals surface area (Å²) in [7, 11) is 1.31. The predicted octanol–water partition coefficient (Wildman–Crippen LogP) is 2.72. The van der Waals surface area contributed by atoms with E-state index in [0.717, 1.165) is 12.8 Å². The summed E-state index contributed by atoms with van der Waals surface area (Å²) in [6.45, 7) is 7.19. The minimum Gasteiger partial charge on any atom is -0.469 e. The van der Waals surface area contributed by atoms with Crippen molar-refractivity contribution in [3.63, 3.8) is 0 Å². The van der Waals surface area contributed by atoms with Crippen LogP contribution in [0.5, 0.6) is 0 Å². The average molecular weight is 378 g/mol. The topological polar surface area (TPSA) is 86.7 Å². The van der Waals surface area contributed by atoms with Gasteiger partial charge in [0.2, 0.25) is 0 Å². The van der Waals surface area contributed by atoms with E-state index in [1.54, 1.807) is 6.92 Å². The van der Waals surface area contributed by atoms with Crippen LogP contribution in [0, 0.1) is 34.5 Å². The van der Waals surface area contributed by atoms with Crippen LogP contribution >= 0.6 is 0 Å². The Morgan fingerprint density at radius 1 is 1.11 bits per heavy atom. The number of Topliss-reactive ketones (excluding diaryl/α,β-unsaturated/α-hetero) is 2. The smallest absolute Gasteiger partial charge is 0.312 e. The highest BCUT2D eigenvalue weighted by Gasteiger charge is 2.66. The third kappa shape index (κ3) is 3.11. The van der Waals surface area contributed by atoms with Crippen molar-refractivity contribution in [1.29, 1.82) is 0 Å². The molecule has 0 saturated heterocycles. The third-order valence-corrected chi connectivity index (χ3v) is 7.30. The van der Waals surface area contributed by atoms with E-state index < -0.39 is 22.7 Å². The lowest BCUT2D eigenvalue weighted by Crippen LogP contribution is -2.63. The fourth-order valence-electron chi connectivity index (χ4n) is 6.59. The van der Waals surface area contributed by atoms with Gasteiger partial charge in [-0.2, -0.15) is 0 Å². The molecular formula is C21H30O6. The van der Waals surface area contributed by atoms with E-state index in [-0.39, 0.29) is 54.7 Å². The average Bonchev–Trinajstić information content (AvgIpc) is 2.53. The lowest BCUT2D eigenvalue weighted by atomic mass is 9.43. The Bertz CT molecular complexity index is 684. The van der Waals surface area contributed by atoms with Crippen LogP contribution in [-0.2, 0) is 28.7 Å². The zero-order valence-electron chi connectivity index (χ0n) is 16.9. The molecule has 6 nitrogen and oxygen atoms in total. The Labute approximate surface area is 160 Å². The number of rotatable bonds is 2. The molecule has 0 aromatic heterocycles. The highest BCUT2D eigenvalue weighted by molar-refractivity contribution is 5.97. The third-order valence-electron chi connectivity index (χ3n) is 7.30. The van der Waals surface area contributed by atoms with Crippen molar-refractivity contribution >= 4 is 23.5 Å². The molecule has 0 heterocycles. The zero-order valence-corrected chi connectivity index (χ0v) is 16.9. The van der Waals surface area contributed by atoms with Crippen molar-refractivity contribution in [2.24, 2.45) is 34.5 Å². The molecule has 3 fully saturated rings. The molecule has 7 atom stereocenters. The fraction of sp³-hybridized carbons (Fsp3) is 0.810. The van der Waals surface area contributed by atoms with Gasteiger partial charge in [0, 0.05) is 38.0 Å². The molecule has 3 saturated carbocycles. The summed E-state index contributed by atoms with van der Waals surface area (Å²) in [5.41, 5.74) is -1.75. The standard InChI is InChI=1S/C21H30O6/c1-11-6-15-14(17(7-11)27-12(2)22)8-16(24)18-20(15,3)9-13(23)10-21(18,4)19(25)26-5/h11,14-15,17-18H,6-10H2,1-5H3/t11-,14+,15-,17-,18+,20+,21-/m1/s1. The van der Waals surface area contributed by atoms with Crippen LogP contribution in [-0.4, -0.2) is 36.7 Å². The van der Waals surface area contributed by atoms with Gasteiger partial charge in [0.25, 0.3) is 0 Å². The molecule has 3 rings (SSSR count). The number of fused-ring (bicyclic) bond motifs is 3. The summed E-state index contributed by atoms with van der Waals surface area (Å²) in [5.74, 6) is -1.09. The normalized spacial score (nSPS) is 44.1. The second-order valence-corrected chi connectivity index (χ2v) is 9.41. The number of hydrogen-bond donors (Lipinski definition) is 0. The molecule has 3 aliphatic carbocycles. The largest absolute Gasteiger partial charge is 0.469 e. The molecule has 0 aliphatic heterocycles.